The number of carbonyl (C=O) groups excluding carboxylic acids is 2. The summed E-state index contributed by atoms with van der Waals surface area (Å²) in [7, 11) is 0. The first-order valence-corrected chi connectivity index (χ1v) is 6.62. The number of hydrogen-bond donors (Lipinski definition) is 0. The molecule has 1 fully saturated rings. The van der Waals surface area contributed by atoms with Crippen LogP contribution in [0.3, 0.4) is 0 Å². The van der Waals surface area contributed by atoms with Crippen molar-refractivity contribution < 1.29 is 14.0 Å². The molecule has 0 aliphatic carbocycles. The Morgan fingerprint density at radius 1 is 1.28 bits per heavy atom. The Kier molecular flexibility index (Phi) is 2.66. The molecule has 3 rings (SSSR count). The summed E-state index contributed by atoms with van der Waals surface area (Å²) in [6.07, 6.45) is 0.453. The van der Waals surface area contributed by atoms with E-state index in [1.54, 1.807) is 6.07 Å². The maximum Gasteiger partial charge on any atom is 0.312 e. The van der Waals surface area contributed by atoms with Crippen LogP contribution in [-0.4, -0.2) is 16.8 Å². The zero-order valence-corrected chi connectivity index (χ0v) is 10.9. The van der Waals surface area contributed by atoms with Gasteiger partial charge in [0, 0.05) is 18.2 Å². The fourth-order valence-electron chi connectivity index (χ4n) is 1.93. The smallest absolute Gasteiger partial charge is 0.312 e. The van der Waals surface area contributed by atoms with Crippen LogP contribution in [0.4, 0.5) is 6.01 Å². The van der Waals surface area contributed by atoms with Gasteiger partial charge in [0.05, 0.1) is 0 Å². The zero-order valence-electron chi connectivity index (χ0n) is 9.35. The standard InChI is InChI=1S/C12H9BrN2O3/c13-6-7-1-2-9-8(5-7)14-12(18-9)15-10(16)3-4-11(15)17/h1-2,5H,3-4,6H2. The van der Waals surface area contributed by atoms with E-state index in [1.807, 2.05) is 12.1 Å². The molecule has 1 aliphatic heterocycles. The molecule has 1 aromatic heterocycles. The van der Waals surface area contributed by atoms with E-state index in [2.05, 4.69) is 20.9 Å². The average molecular weight is 309 g/mol. The van der Waals surface area contributed by atoms with Gasteiger partial charge in [0.25, 0.3) is 0 Å². The highest BCUT2D eigenvalue weighted by molar-refractivity contribution is 9.08. The second-order valence-electron chi connectivity index (χ2n) is 4.06. The number of halogens is 1. The Bertz CT molecular complexity index is 634. The summed E-state index contributed by atoms with van der Waals surface area (Å²) >= 11 is 3.36. The molecule has 2 amide bonds. The first-order chi connectivity index (χ1) is 8.69. The van der Waals surface area contributed by atoms with Crippen LogP contribution >= 0.6 is 15.9 Å². The molecule has 1 saturated heterocycles. The first kappa shape index (κ1) is 11.4. The molecule has 5 nitrogen and oxygen atoms in total. The van der Waals surface area contributed by atoms with Gasteiger partial charge in [-0.2, -0.15) is 4.98 Å². The van der Waals surface area contributed by atoms with Crippen molar-refractivity contribution >= 4 is 44.9 Å². The van der Waals surface area contributed by atoms with Crippen molar-refractivity contribution in [1.29, 1.82) is 0 Å². The highest BCUT2D eigenvalue weighted by Crippen LogP contribution is 2.27. The summed E-state index contributed by atoms with van der Waals surface area (Å²) in [5.41, 5.74) is 2.28. The molecule has 6 heteroatoms. The van der Waals surface area contributed by atoms with Crippen molar-refractivity contribution in [2.75, 3.05) is 4.90 Å². The highest BCUT2D eigenvalue weighted by atomic mass is 79.9. The average Bonchev–Trinajstić information content (AvgIpc) is 2.91. The molecule has 2 heterocycles. The Balaban J connectivity index is 2.08. The lowest BCUT2D eigenvalue weighted by molar-refractivity contribution is -0.121. The van der Waals surface area contributed by atoms with Gasteiger partial charge in [-0.1, -0.05) is 22.0 Å². The topological polar surface area (TPSA) is 63.4 Å². The quantitative estimate of drug-likeness (QED) is 0.631. The molecule has 0 atom stereocenters. The Hall–Kier alpha value is -1.69. The van der Waals surface area contributed by atoms with Crippen molar-refractivity contribution in [3.05, 3.63) is 23.8 Å². The lowest BCUT2D eigenvalue weighted by Gasteiger charge is -2.06. The van der Waals surface area contributed by atoms with Crippen LogP contribution in [0.25, 0.3) is 11.1 Å². The molecule has 92 valence electrons. The van der Waals surface area contributed by atoms with Gasteiger partial charge >= 0.3 is 6.01 Å². The minimum absolute atomic E-state index is 0.0734. The number of oxazole rings is 1. The Morgan fingerprint density at radius 3 is 2.67 bits per heavy atom. The van der Waals surface area contributed by atoms with E-state index >= 15 is 0 Å². The van der Waals surface area contributed by atoms with Crippen LogP contribution in [0.1, 0.15) is 18.4 Å². The number of hydrogen-bond acceptors (Lipinski definition) is 4. The van der Waals surface area contributed by atoms with E-state index in [-0.39, 0.29) is 30.7 Å². The number of aromatic nitrogens is 1. The van der Waals surface area contributed by atoms with Crippen molar-refractivity contribution in [2.45, 2.75) is 18.2 Å². The normalized spacial score (nSPS) is 15.9. The molecule has 2 aromatic rings. The van der Waals surface area contributed by atoms with Crippen molar-refractivity contribution in [1.82, 2.24) is 4.98 Å². The van der Waals surface area contributed by atoms with E-state index in [0.717, 1.165) is 10.5 Å². The van der Waals surface area contributed by atoms with Gasteiger partial charge in [-0.15, -0.1) is 0 Å². The van der Waals surface area contributed by atoms with E-state index in [4.69, 9.17) is 4.42 Å². The van der Waals surface area contributed by atoms with E-state index in [1.165, 1.54) is 0 Å². The molecular formula is C12H9BrN2O3. The number of anilines is 1. The third kappa shape index (κ3) is 1.73. The lowest BCUT2D eigenvalue weighted by Crippen LogP contribution is -2.28. The van der Waals surface area contributed by atoms with Gasteiger partial charge in [0.1, 0.15) is 5.52 Å². The maximum absolute atomic E-state index is 11.6. The molecule has 1 aromatic carbocycles. The van der Waals surface area contributed by atoms with Gasteiger partial charge < -0.3 is 4.42 Å². The van der Waals surface area contributed by atoms with Gasteiger partial charge in [-0.05, 0) is 17.7 Å². The largest absolute Gasteiger partial charge is 0.423 e. The Labute approximate surface area is 111 Å². The first-order valence-electron chi connectivity index (χ1n) is 5.50. The fourth-order valence-corrected chi connectivity index (χ4v) is 2.28. The van der Waals surface area contributed by atoms with Gasteiger partial charge in [0.15, 0.2) is 5.58 Å². The number of imide groups is 1. The second kappa shape index (κ2) is 4.20. The lowest BCUT2D eigenvalue weighted by atomic mass is 10.2. The summed E-state index contributed by atoms with van der Waals surface area (Å²) in [5, 5.41) is 0.715. The minimum Gasteiger partial charge on any atom is -0.423 e. The van der Waals surface area contributed by atoms with Crippen LogP contribution < -0.4 is 4.90 Å². The number of amides is 2. The summed E-state index contributed by atoms with van der Waals surface area (Å²) in [4.78, 5) is 28.4. The number of alkyl halides is 1. The van der Waals surface area contributed by atoms with Crippen LogP contribution in [0.5, 0.6) is 0 Å². The van der Waals surface area contributed by atoms with Crippen molar-refractivity contribution in [3.63, 3.8) is 0 Å². The van der Waals surface area contributed by atoms with Gasteiger partial charge in [-0.3, -0.25) is 9.59 Å². The molecule has 0 bridgehead atoms. The van der Waals surface area contributed by atoms with Crippen molar-refractivity contribution in [3.8, 4) is 0 Å². The highest BCUT2D eigenvalue weighted by Gasteiger charge is 2.33. The number of benzene rings is 1. The summed E-state index contributed by atoms with van der Waals surface area (Å²) in [5.74, 6) is -0.514. The molecule has 18 heavy (non-hydrogen) atoms. The molecule has 0 radical (unpaired) electrons. The van der Waals surface area contributed by atoms with Gasteiger partial charge in [0.2, 0.25) is 11.8 Å². The number of fused-ring (bicyclic) bond motifs is 1. The van der Waals surface area contributed by atoms with Crippen LogP contribution in [0.2, 0.25) is 0 Å². The van der Waals surface area contributed by atoms with Crippen molar-refractivity contribution in [2.24, 2.45) is 0 Å². The van der Waals surface area contributed by atoms with E-state index in [9.17, 15) is 9.59 Å². The molecule has 0 unspecified atom stereocenters. The molecular weight excluding hydrogens is 300 g/mol. The monoisotopic (exact) mass is 308 g/mol. The molecule has 0 N–H and O–H groups in total. The van der Waals surface area contributed by atoms with Crippen LogP contribution in [-0.2, 0) is 14.9 Å². The number of nitrogens with zero attached hydrogens (tertiary/aromatic N) is 2. The number of carbonyl (C=O) groups is 2. The predicted molar refractivity (Wildman–Crippen MR) is 68.4 cm³/mol. The SMILES string of the molecule is O=C1CCC(=O)N1c1nc2cc(CBr)ccc2o1. The molecule has 0 saturated carbocycles. The number of rotatable bonds is 2. The van der Waals surface area contributed by atoms with Gasteiger partial charge in [-0.25, -0.2) is 4.90 Å². The zero-order chi connectivity index (χ0) is 12.7. The second-order valence-corrected chi connectivity index (χ2v) is 4.62. The summed E-state index contributed by atoms with van der Waals surface area (Å²) in [6.45, 7) is 0. The van der Waals surface area contributed by atoms with Crippen LogP contribution in [0, 0.1) is 0 Å². The third-order valence-corrected chi connectivity index (χ3v) is 3.49. The molecule has 0 spiro atoms. The maximum atomic E-state index is 11.6. The summed E-state index contributed by atoms with van der Waals surface area (Å²) in [6, 6.07) is 5.62. The van der Waals surface area contributed by atoms with E-state index in [0.29, 0.717) is 16.4 Å². The fraction of sp³-hybridized carbons (Fsp3) is 0.250. The minimum atomic E-state index is -0.257. The third-order valence-electron chi connectivity index (χ3n) is 2.84. The predicted octanol–water partition coefficient (Wildman–Crippen LogP) is 2.38. The Morgan fingerprint density at radius 2 is 2.00 bits per heavy atom. The molecule has 1 aliphatic rings. The van der Waals surface area contributed by atoms with Crippen LogP contribution in [0.15, 0.2) is 22.6 Å². The van der Waals surface area contributed by atoms with E-state index < -0.39 is 0 Å². The summed E-state index contributed by atoms with van der Waals surface area (Å²) < 4.78 is 5.45.